The summed E-state index contributed by atoms with van der Waals surface area (Å²) in [6, 6.07) is 20.9. The van der Waals surface area contributed by atoms with Crippen LogP contribution in [0.25, 0.3) is 16.8 Å². The van der Waals surface area contributed by atoms with E-state index in [1.165, 1.54) is 21.2 Å². The molecule has 0 aliphatic rings. The summed E-state index contributed by atoms with van der Waals surface area (Å²) in [5.74, 6) is 0.958. The topological polar surface area (TPSA) is 0 Å². The Morgan fingerprint density at radius 2 is 1.81 bits per heavy atom. The summed E-state index contributed by atoms with van der Waals surface area (Å²) in [6.07, 6.45) is 1.87. The lowest BCUT2D eigenvalue weighted by atomic mass is 10.1. The van der Waals surface area contributed by atoms with Crippen molar-refractivity contribution >= 4 is 40.2 Å². The second-order valence-corrected chi connectivity index (χ2v) is 6.31. The van der Waals surface area contributed by atoms with E-state index >= 15 is 0 Å². The van der Waals surface area contributed by atoms with Gasteiger partial charge in [0, 0.05) is 15.7 Å². The van der Waals surface area contributed by atoms with Crippen LogP contribution in [0.3, 0.4) is 0 Å². The highest BCUT2D eigenvalue weighted by molar-refractivity contribution is 7.98. The molecule has 3 aromatic rings. The SMILES string of the molecule is C=Cc1ccc(CSc2cccc3cc(Cl)ccc23)cc1. The predicted octanol–water partition coefficient (Wildman–Crippen LogP) is 6.43. The second kappa shape index (κ2) is 6.38. The van der Waals surface area contributed by atoms with E-state index in [2.05, 4.69) is 55.1 Å². The van der Waals surface area contributed by atoms with Crippen LogP contribution in [-0.2, 0) is 5.75 Å². The Kier molecular flexibility index (Phi) is 4.33. The Morgan fingerprint density at radius 3 is 2.57 bits per heavy atom. The Bertz CT molecular complexity index is 775. The second-order valence-electron chi connectivity index (χ2n) is 4.86. The zero-order valence-corrected chi connectivity index (χ0v) is 13.1. The van der Waals surface area contributed by atoms with Gasteiger partial charge in [-0.05, 0) is 40.1 Å². The molecule has 0 heterocycles. The molecule has 0 bridgehead atoms. The quantitative estimate of drug-likeness (QED) is 0.500. The van der Waals surface area contributed by atoms with Crippen molar-refractivity contribution < 1.29 is 0 Å². The molecule has 0 atom stereocenters. The number of halogens is 1. The number of fused-ring (bicyclic) bond motifs is 1. The molecule has 21 heavy (non-hydrogen) atoms. The molecule has 0 unspecified atom stereocenters. The van der Waals surface area contributed by atoms with E-state index in [9.17, 15) is 0 Å². The zero-order valence-electron chi connectivity index (χ0n) is 11.6. The summed E-state index contributed by atoms with van der Waals surface area (Å²) in [7, 11) is 0. The normalized spacial score (nSPS) is 10.7. The van der Waals surface area contributed by atoms with E-state index in [0.29, 0.717) is 0 Å². The molecule has 0 aromatic heterocycles. The Morgan fingerprint density at radius 1 is 1.00 bits per heavy atom. The number of rotatable bonds is 4. The van der Waals surface area contributed by atoms with Gasteiger partial charge in [0.25, 0.3) is 0 Å². The largest absolute Gasteiger partial charge is 0.121 e. The van der Waals surface area contributed by atoms with Crippen LogP contribution in [0.1, 0.15) is 11.1 Å². The van der Waals surface area contributed by atoms with Crippen LogP contribution in [0.5, 0.6) is 0 Å². The molecule has 0 nitrogen and oxygen atoms in total. The molecule has 0 aliphatic heterocycles. The minimum Gasteiger partial charge on any atom is -0.121 e. The van der Waals surface area contributed by atoms with Gasteiger partial charge in [0.2, 0.25) is 0 Å². The molecule has 0 saturated heterocycles. The Labute approximate surface area is 134 Å². The van der Waals surface area contributed by atoms with Crippen molar-refractivity contribution in [2.45, 2.75) is 10.6 Å². The summed E-state index contributed by atoms with van der Waals surface area (Å²) >= 11 is 7.91. The Hall–Kier alpha value is -1.70. The van der Waals surface area contributed by atoms with E-state index < -0.39 is 0 Å². The van der Waals surface area contributed by atoms with Crippen LogP contribution >= 0.6 is 23.4 Å². The van der Waals surface area contributed by atoms with E-state index in [0.717, 1.165) is 16.3 Å². The summed E-state index contributed by atoms with van der Waals surface area (Å²) in [6.45, 7) is 3.78. The van der Waals surface area contributed by atoms with Gasteiger partial charge in [0.15, 0.2) is 0 Å². The van der Waals surface area contributed by atoms with Gasteiger partial charge in [-0.1, -0.05) is 66.7 Å². The van der Waals surface area contributed by atoms with Crippen molar-refractivity contribution in [3.05, 3.63) is 83.4 Å². The van der Waals surface area contributed by atoms with Crippen molar-refractivity contribution in [3.8, 4) is 0 Å². The van der Waals surface area contributed by atoms with Gasteiger partial charge >= 0.3 is 0 Å². The Balaban J connectivity index is 1.82. The molecule has 3 rings (SSSR count). The van der Waals surface area contributed by atoms with E-state index in [4.69, 9.17) is 11.6 Å². The van der Waals surface area contributed by atoms with Gasteiger partial charge in [-0.15, -0.1) is 11.8 Å². The molecule has 0 spiro atoms. The summed E-state index contributed by atoms with van der Waals surface area (Å²) < 4.78 is 0. The fourth-order valence-corrected chi connectivity index (χ4v) is 3.47. The number of benzene rings is 3. The molecule has 0 fully saturated rings. The van der Waals surface area contributed by atoms with Crippen LogP contribution in [0.15, 0.2) is 72.1 Å². The van der Waals surface area contributed by atoms with Crippen molar-refractivity contribution in [1.82, 2.24) is 0 Å². The van der Waals surface area contributed by atoms with Crippen LogP contribution in [0.2, 0.25) is 5.02 Å². The first kappa shape index (κ1) is 14.2. The summed E-state index contributed by atoms with van der Waals surface area (Å²) in [5, 5.41) is 3.23. The lowest BCUT2D eigenvalue weighted by Crippen LogP contribution is -1.83. The predicted molar refractivity (Wildman–Crippen MR) is 95.1 cm³/mol. The highest BCUT2D eigenvalue weighted by Crippen LogP contribution is 2.31. The average Bonchev–Trinajstić information content (AvgIpc) is 2.53. The highest BCUT2D eigenvalue weighted by Gasteiger charge is 2.03. The first-order valence-electron chi connectivity index (χ1n) is 6.79. The maximum absolute atomic E-state index is 6.06. The van der Waals surface area contributed by atoms with Crippen molar-refractivity contribution in [2.24, 2.45) is 0 Å². The van der Waals surface area contributed by atoms with Gasteiger partial charge in [0.1, 0.15) is 0 Å². The van der Waals surface area contributed by atoms with Crippen LogP contribution in [0, 0.1) is 0 Å². The van der Waals surface area contributed by atoms with Gasteiger partial charge < -0.3 is 0 Å². The summed E-state index contributed by atoms with van der Waals surface area (Å²) in [5.41, 5.74) is 2.47. The number of thioether (sulfide) groups is 1. The average molecular weight is 311 g/mol. The third kappa shape index (κ3) is 3.31. The van der Waals surface area contributed by atoms with Gasteiger partial charge in [-0.3, -0.25) is 0 Å². The van der Waals surface area contributed by atoms with E-state index in [-0.39, 0.29) is 0 Å². The molecule has 0 saturated carbocycles. The first-order valence-corrected chi connectivity index (χ1v) is 8.15. The maximum atomic E-state index is 6.06. The lowest BCUT2D eigenvalue weighted by Gasteiger charge is -2.07. The standard InChI is InChI=1S/C19H15ClS/c1-2-14-6-8-15(9-7-14)13-21-19-5-3-4-16-12-17(20)10-11-18(16)19/h2-12H,1,13H2. The summed E-state index contributed by atoms with van der Waals surface area (Å²) in [4.78, 5) is 1.29. The van der Waals surface area contributed by atoms with Crippen LogP contribution in [-0.4, -0.2) is 0 Å². The third-order valence-corrected chi connectivity index (χ3v) is 4.79. The number of hydrogen-bond donors (Lipinski definition) is 0. The fourth-order valence-electron chi connectivity index (χ4n) is 2.26. The van der Waals surface area contributed by atoms with Crippen LogP contribution in [0.4, 0.5) is 0 Å². The molecule has 3 aromatic carbocycles. The monoisotopic (exact) mass is 310 g/mol. The minimum absolute atomic E-state index is 0.782. The van der Waals surface area contributed by atoms with E-state index in [1.54, 1.807) is 0 Å². The zero-order chi connectivity index (χ0) is 14.7. The van der Waals surface area contributed by atoms with Crippen molar-refractivity contribution in [2.75, 3.05) is 0 Å². The molecular weight excluding hydrogens is 296 g/mol. The first-order chi connectivity index (χ1) is 10.3. The van der Waals surface area contributed by atoms with E-state index in [1.807, 2.05) is 30.0 Å². The molecule has 0 amide bonds. The van der Waals surface area contributed by atoms with Crippen molar-refractivity contribution in [1.29, 1.82) is 0 Å². The molecule has 0 N–H and O–H groups in total. The molecule has 0 radical (unpaired) electrons. The molecule has 0 aliphatic carbocycles. The maximum Gasteiger partial charge on any atom is 0.0412 e. The van der Waals surface area contributed by atoms with Gasteiger partial charge in [-0.25, -0.2) is 0 Å². The van der Waals surface area contributed by atoms with Gasteiger partial charge in [-0.2, -0.15) is 0 Å². The van der Waals surface area contributed by atoms with Crippen LogP contribution < -0.4 is 0 Å². The highest BCUT2D eigenvalue weighted by atomic mass is 35.5. The lowest BCUT2D eigenvalue weighted by molar-refractivity contribution is 1.39. The molecule has 104 valence electrons. The fraction of sp³-hybridized carbons (Fsp3) is 0.0526. The minimum atomic E-state index is 0.782. The smallest absolute Gasteiger partial charge is 0.0412 e. The molecular formula is C19H15ClS. The number of hydrogen-bond acceptors (Lipinski definition) is 1. The van der Waals surface area contributed by atoms with Gasteiger partial charge in [0.05, 0.1) is 0 Å². The molecule has 2 heteroatoms. The third-order valence-electron chi connectivity index (χ3n) is 3.41. The van der Waals surface area contributed by atoms with Crippen molar-refractivity contribution in [3.63, 3.8) is 0 Å².